The van der Waals surface area contributed by atoms with Crippen LogP contribution >= 0.6 is 11.7 Å². The van der Waals surface area contributed by atoms with Gasteiger partial charge in [-0.2, -0.15) is 4.37 Å². The van der Waals surface area contributed by atoms with Crippen molar-refractivity contribution in [2.45, 2.75) is 84.3 Å². The molecule has 2 atom stereocenters. The lowest BCUT2D eigenvalue weighted by Gasteiger charge is -2.42. The van der Waals surface area contributed by atoms with E-state index in [1.165, 1.54) is 31.0 Å². The summed E-state index contributed by atoms with van der Waals surface area (Å²) in [7, 11) is 2.18. The number of hydrogen-bond donors (Lipinski definition) is 0. The standard InChI is InChI=1S/C28H42N3O3S/c1-4-6-8-13-19-25(32)34-28(23-16-11-10-12-17-23)31(3)20-15-18-24(22-31)26-27(30-35-29-26)33-21-14-9-7-5-2/h10-12,16-18,28H,4-9,13-15,19-22H2,1-3H3/q+1. The summed E-state index contributed by atoms with van der Waals surface area (Å²) in [5.74, 6) is 0.521. The predicted octanol–water partition coefficient (Wildman–Crippen LogP) is 6.94. The molecule has 1 aliphatic heterocycles. The predicted molar refractivity (Wildman–Crippen MR) is 142 cm³/mol. The third kappa shape index (κ3) is 8.14. The highest BCUT2D eigenvalue weighted by Crippen LogP contribution is 2.37. The number of quaternary nitrogens is 1. The average Bonchev–Trinajstić information content (AvgIpc) is 3.34. The van der Waals surface area contributed by atoms with Gasteiger partial charge in [-0.15, -0.1) is 4.37 Å². The molecule has 2 heterocycles. The summed E-state index contributed by atoms with van der Waals surface area (Å²) >= 11 is 1.20. The maximum Gasteiger partial charge on any atom is 0.310 e. The van der Waals surface area contributed by atoms with Crippen LogP contribution in [0.3, 0.4) is 0 Å². The van der Waals surface area contributed by atoms with E-state index in [0.717, 1.165) is 61.9 Å². The van der Waals surface area contributed by atoms with Crippen molar-refractivity contribution >= 4 is 23.3 Å². The summed E-state index contributed by atoms with van der Waals surface area (Å²) in [6, 6.07) is 10.1. The van der Waals surface area contributed by atoms with Crippen LogP contribution in [0.2, 0.25) is 0 Å². The maximum atomic E-state index is 12.8. The van der Waals surface area contributed by atoms with Gasteiger partial charge in [0.1, 0.15) is 12.2 Å². The molecule has 0 spiro atoms. The molecule has 2 unspecified atom stereocenters. The van der Waals surface area contributed by atoms with Crippen LogP contribution in [-0.4, -0.2) is 45.9 Å². The maximum absolute atomic E-state index is 12.8. The minimum absolute atomic E-state index is 0.114. The van der Waals surface area contributed by atoms with Gasteiger partial charge in [-0.1, -0.05) is 76.6 Å². The molecule has 0 radical (unpaired) electrons. The van der Waals surface area contributed by atoms with E-state index in [1.807, 2.05) is 18.2 Å². The Bertz CT molecular complexity index is 931. The zero-order valence-corrected chi connectivity index (χ0v) is 22.5. The number of carbonyl (C=O) groups is 1. The number of hydrogen-bond acceptors (Lipinski definition) is 6. The fourth-order valence-corrected chi connectivity index (χ4v) is 5.19. The Morgan fingerprint density at radius 1 is 1.03 bits per heavy atom. The Balaban J connectivity index is 1.72. The molecule has 1 aliphatic rings. The van der Waals surface area contributed by atoms with Gasteiger partial charge in [0.05, 0.1) is 37.5 Å². The van der Waals surface area contributed by atoms with Crippen LogP contribution in [0.25, 0.3) is 5.57 Å². The van der Waals surface area contributed by atoms with E-state index in [2.05, 4.69) is 47.9 Å². The van der Waals surface area contributed by atoms with Gasteiger partial charge < -0.3 is 9.47 Å². The monoisotopic (exact) mass is 500 g/mol. The first-order valence-corrected chi connectivity index (χ1v) is 14.0. The van der Waals surface area contributed by atoms with Crippen LogP contribution in [0, 0.1) is 0 Å². The minimum Gasteiger partial charge on any atom is -0.475 e. The fraction of sp³-hybridized carbons (Fsp3) is 0.607. The highest BCUT2D eigenvalue weighted by atomic mass is 32.1. The number of esters is 1. The quantitative estimate of drug-likeness (QED) is 0.150. The van der Waals surface area contributed by atoms with Gasteiger partial charge >= 0.3 is 5.97 Å². The van der Waals surface area contributed by atoms with Gasteiger partial charge in [0, 0.05) is 18.4 Å². The fourth-order valence-electron chi connectivity index (χ4n) is 4.66. The molecule has 0 aliphatic carbocycles. The van der Waals surface area contributed by atoms with E-state index >= 15 is 0 Å². The molecule has 0 saturated heterocycles. The van der Waals surface area contributed by atoms with Crippen molar-refractivity contribution in [3.63, 3.8) is 0 Å². The summed E-state index contributed by atoms with van der Waals surface area (Å²) < 4.78 is 21.8. The Hall–Kier alpha value is -2.25. The second-order valence-corrected chi connectivity index (χ2v) is 10.3. The average molecular weight is 501 g/mol. The van der Waals surface area contributed by atoms with E-state index in [4.69, 9.17) is 9.47 Å². The Labute approximate surface area is 215 Å². The SMILES string of the molecule is CCCCCCOc1nsnc1C1=CCC[N+](C)(C(OC(=O)CCCCCC)c2ccccc2)C1. The van der Waals surface area contributed by atoms with Crippen molar-refractivity contribution in [3.8, 4) is 5.88 Å². The molecule has 0 amide bonds. The van der Waals surface area contributed by atoms with Gasteiger partial charge in [-0.05, 0) is 25.0 Å². The molecule has 0 fully saturated rings. The van der Waals surface area contributed by atoms with Gasteiger partial charge in [0.25, 0.3) is 12.1 Å². The van der Waals surface area contributed by atoms with Crippen molar-refractivity contribution in [2.75, 3.05) is 26.7 Å². The molecular formula is C28H42N3O3S+. The molecule has 7 heteroatoms. The summed E-state index contributed by atoms with van der Waals surface area (Å²) in [6.45, 7) is 6.65. The van der Waals surface area contributed by atoms with Crippen molar-refractivity contribution < 1.29 is 18.8 Å². The molecule has 1 aromatic heterocycles. The van der Waals surface area contributed by atoms with Gasteiger partial charge in [-0.3, -0.25) is 9.28 Å². The second-order valence-electron chi connectivity index (χ2n) is 9.77. The lowest BCUT2D eigenvalue weighted by atomic mass is 10.0. The summed E-state index contributed by atoms with van der Waals surface area (Å²) in [4.78, 5) is 12.8. The first-order valence-electron chi connectivity index (χ1n) is 13.3. The van der Waals surface area contributed by atoms with Crippen LogP contribution in [0.5, 0.6) is 5.88 Å². The minimum atomic E-state index is -0.358. The highest BCUT2D eigenvalue weighted by Gasteiger charge is 2.40. The number of rotatable bonds is 15. The number of aromatic nitrogens is 2. The largest absolute Gasteiger partial charge is 0.475 e. The van der Waals surface area contributed by atoms with Gasteiger partial charge in [-0.25, -0.2) is 0 Å². The number of carbonyl (C=O) groups excluding carboxylic acids is 1. The third-order valence-electron chi connectivity index (χ3n) is 6.69. The molecule has 1 aromatic carbocycles. The zero-order chi connectivity index (χ0) is 24.9. The topological polar surface area (TPSA) is 61.3 Å². The van der Waals surface area contributed by atoms with E-state index in [1.54, 1.807) is 0 Å². The van der Waals surface area contributed by atoms with Crippen LogP contribution in [0.4, 0.5) is 0 Å². The Morgan fingerprint density at radius 2 is 1.77 bits per heavy atom. The van der Waals surface area contributed by atoms with Gasteiger partial charge in [0.15, 0.2) is 0 Å². The highest BCUT2D eigenvalue weighted by molar-refractivity contribution is 6.99. The first-order chi connectivity index (χ1) is 17.1. The Kier molecular flexibility index (Phi) is 11.2. The molecular weight excluding hydrogens is 458 g/mol. The molecule has 35 heavy (non-hydrogen) atoms. The molecule has 0 N–H and O–H groups in total. The van der Waals surface area contributed by atoms with Crippen molar-refractivity contribution in [1.29, 1.82) is 0 Å². The van der Waals surface area contributed by atoms with Crippen molar-refractivity contribution in [2.24, 2.45) is 0 Å². The Morgan fingerprint density at radius 3 is 2.51 bits per heavy atom. The smallest absolute Gasteiger partial charge is 0.310 e. The summed E-state index contributed by atoms with van der Waals surface area (Å²) in [6.07, 6.45) is 12.1. The van der Waals surface area contributed by atoms with Crippen LogP contribution in [0.15, 0.2) is 36.4 Å². The first kappa shape index (κ1) is 27.3. The van der Waals surface area contributed by atoms with Crippen LogP contribution in [-0.2, 0) is 9.53 Å². The molecule has 192 valence electrons. The lowest BCUT2D eigenvalue weighted by molar-refractivity contribution is -0.953. The zero-order valence-electron chi connectivity index (χ0n) is 21.7. The number of benzene rings is 1. The normalized spacial score (nSPS) is 18.7. The van der Waals surface area contributed by atoms with Crippen molar-refractivity contribution in [1.82, 2.24) is 8.75 Å². The summed E-state index contributed by atoms with van der Waals surface area (Å²) in [5.41, 5.74) is 2.99. The van der Waals surface area contributed by atoms with E-state index in [-0.39, 0.29) is 12.2 Å². The summed E-state index contributed by atoms with van der Waals surface area (Å²) in [5, 5.41) is 0. The van der Waals surface area contributed by atoms with E-state index in [0.29, 0.717) is 29.9 Å². The molecule has 3 rings (SSSR count). The number of ether oxygens (including phenoxy) is 2. The molecule has 2 aromatic rings. The second kappa shape index (κ2) is 14.3. The van der Waals surface area contributed by atoms with E-state index < -0.39 is 0 Å². The molecule has 0 saturated carbocycles. The van der Waals surface area contributed by atoms with Crippen LogP contribution < -0.4 is 4.74 Å². The number of likely N-dealkylation sites (N-methyl/N-ethyl adjacent to an activating group) is 1. The molecule has 0 bridgehead atoms. The van der Waals surface area contributed by atoms with Crippen LogP contribution in [0.1, 0.15) is 95.5 Å². The van der Waals surface area contributed by atoms with Gasteiger partial charge in [0.2, 0.25) is 0 Å². The third-order valence-corrected chi connectivity index (χ3v) is 7.20. The number of unbranched alkanes of at least 4 members (excludes halogenated alkanes) is 6. The lowest BCUT2D eigenvalue weighted by Crippen LogP contribution is -2.51. The van der Waals surface area contributed by atoms with Crippen molar-refractivity contribution in [3.05, 3.63) is 47.7 Å². The van der Waals surface area contributed by atoms with E-state index in [9.17, 15) is 4.79 Å². The molecule has 6 nitrogen and oxygen atoms in total. The number of nitrogens with zero attached hydrogens (tertiary/aromatic N) is 3.